The quantitative estimate of drug-likeness (QED) is 0.803. The van der Waals surface area contributed by atoms with Gasteiger partial charge < -0.3 is 5.32 Å². The fourth-order valence-corrected chi connectivity index (χ4v) is 2.07. The topological polar surface area (TPSA) is 12.0 Å². The van der Waals surface area contributed by atoms with Crippen molar-refractivity contribution in [3.8, 4) is 0 Å². The molecular formula is C12H18BrNS. The third kappa shape index (κ3) is 5.05. The summed E-state index contributed by atoms with van der Waals surface area (Å²) in [7, 11) is 0. The molecule has 1 rings (SSSR count). The summed E-state index contributed by atoms with van der Waals surface area (Å²) in [5.41, 5.74) is 2.67. The molecule has 0 spiro atoms. The van der Waals surface area contributed by atoms with Crippen LogP contribution < -0.4 is 5.32 Å². The molecule has 0 saturated carbocycles. The summed E-state index contributed by atoms with van der Waals surface area (Å²) in [5.74, 6) is 1.24. The third-order valence-electron chi connectivity index (χ3n) is 2.25. The van der Waals surface area contributed by atoms with E-state index in [1.807, 2.05) is 11.8 Å². The van der Waals surface area contributed by atoms with E-state index in [4.69, 9.17) is 0 Å². The van der Waals surface area contributed by atoms with Gasteiger partial charge in [-0.3, -0.25) is 0 Å². The lowest BCUT2D eigenvalue weighted by Crippen LogP contribution is -2.15. The van der Waals surface area contributed by atoms with Crippen LogP contribution >= 0.6 is 27.7 Å². The second kappa shape index (κ2) is 7.31. The molecule has 0 fully saturated rings. The van der Waals surface area contributed by atoms with E-state index in [-0.39, 0.29) is 0 Å². The van der Waals surface area contributed by atoms with E-state index < -0.39 is 0 Å². The maximum absolute atomic E-state index is 3.51. The van der Waals surface area contributed by atoms with Crippen molar-refractivity contribution in [3.05, 3.63) is 33.8 Å². The van der Waals surface area contributed by atoms with Crippen LogP contribution in [0.1, 0.15) is 17.5 Å². The first-order valence-corrected chi connectivity index (χ1v) is 7.37. The molecular weight excluding hydrogens is 270 g/mol. The highest BCUT2D eigenvalue weighted by atomic mass is 79.9. The Hall–Kier alpha value is 0.01000. The number of aryl methyl sites for hydroxylation is 1. The van der Waals surface area contributed by atoms with Gasteiger partial charge >= 0.3 is 0 Å². The van der Waals surface area contributed by atoms with Crippen LogP contribution in [0.3, 0.4) is 0 Å². The lowest BCUT2D eigenvalue weighted by Gasteiger charge is -2.06. The highest BCUT2D eigenvalue weighted by Crippen LogP contribution is 2.16. The number of benzene rings is 1. The predicted octanol–water partition coefficient (Wildman–Crippen LogP) is 3.60. The summed E-state index contributed by atoms with van der Waals surface area (Å²) in [5, 5.41) is 3.45. The molecule has 3 heteroatoms. The standard InChI is InChI=1S/C12H18BrNS/c1-10-8-11(4-5-12(10)13)9-14-6-3-7-15-2/h4-5,8,14H,3,6-7,9H2,1-2H3. The van der Waals surface area contributed by atoms with Crippen molar-refractivity contribution in [1.82, 2.24) is 5.32 Å². The van der Waals surface area contributed by atoms with Gasteiger partial charge in [0.25, 0.3) is 0 Å². The lowest BCUT2D eigenvalue weighted by atomic mass is 10.1. The molecule has 0 radical (unpaired) electrons. The van der Waals surface area contributed by atoms with Crippen LogP contribution in [0.2, 0.25) is 0 Å². The fourth-order valence-electron chi connectivity index (χ4n) is 1.39. The monoisotopic (exact) mass is 287 g/mol. The van der Waals surface area contributed by atoms with Crippen LogP contribution in [0.4, 0.5) is 0 Å². The van der Waals surface area contributed by atoms with Crippen LogP contribution in [0, 0.1) is 6.92 Å². The summed E-state index contributed by atoms with van der Waals surface area (Å²) in [6.07, 6.45) is 3.40. The summed E-state index contributed by atoms with van der Waals surface area (Å²) >= 11 is 5.41. The van der Waals surface area contributed by atoms with Crippen molar-refractivity contribution in [2.45, 2.75) is 19.9 Å². The van der Waals surface area contributed by atoms with Gasteiger partial charge in [-0.25, -0.2) is 0 Å². The molecule has 0 atom stereocenters. The predicted molar refractivity (Wildman–Crippen MR) is 73.6 cm³/mol. The Kier molecular flexibility index (Phi) is 6.37. The Bertz CT molecular complexity index is 302. The van der Waals surface area contributed by atoms with Gasteiger partial charge in [0.1, 0.15) is 0 Å². The van der Waals surface area contributed by atoms with Crippen molar-refractivity contribution in [3.63, 3.8) is 0 Å². The van der Waals surface area contributed by atoms with Crippen LogP contribution in [0.25, 0.3) is 0 Å². The van der Waals surface area contributed by atoms with E-state index in [9.17, 15) is 0 Å². The first kappa shape index (κ1) is 13.1. The minimum atomic E-state index is 0.975. The minimum absolute atomic E-state index is 0.975. The number of hydrogen-bond donors (Lipinski definition) is 1. The number of thioether (sulfide) groups is 1. The van der Waals surface area contributed by atoms with Gasteiger partial charge in [0.05, 0.1) is 0 Å². The molecule has 0 aliphatic heterocycles. The Morgan fingerprint density at radius 2 is 2.20 bits per heavy atom. The number of hydrogen-bond acceptors (Lipinski definition) is 2. The molecule has 1 aromatic carbocycles. The molecule has 0 saturated heterocycles. The molecule has 15 heavy (non-hydrogen) atoms. The van der Waals surface area contributed by atoms with Crippen LogP contribution in [-0.4, -0.2) is 18.6 Å². The molecule has 1 aromatic rings. The summed E-state index contributed by atoms with van der Waals surface area (Å²) in [6.45, 7) is 4.21. The average molecular weight is 288 g/mol. The molecule has 0 aliphatic carbocycles. The summed E-state index contributed by atoms with van der Waals surface area (Å²) in [4.78, 5) is 0. The van der Waals surface area contributed by atoms with E-state index in [0.29, 0.717) is 0 Å². The van der Waals surface area contributed by atoms with Crippen LogP contribution in [0.15, 0.2) is 22.7 Å². The van der Waals surface area contributed by atoms with Gasteiger partial charge in [0.2, 0.25) is 0 Å². The molecule has 0 amide bonds. The molecule has 84 valence electrons. The zero-order chi connectivity index (χ0) is 11.1. The Labute approximate surface area is 105 Å². The van der Waals surface area contributed by atoms with Crippen LogP contribution in [0.5, 0.6) is 0 Å². The van der Waals surface area contributed by atoms with Crippen molar-refractivity contribution >= 4 is 27.7 Å². The molecule has 0 aromatic heterocycles. The van der Waals surface area contributed by atoms with Gasteiger partial charge in [-0.15, -0.1) is 0 Å². The first-order chi connectivity index (χ1) is 7.24. The molecule has 0 unspecified atom stereocenters. The van der Waals surface area contributed by atoms with Gasteiger partial charge in [-0.05, 0) is 49.1 Å². The zero-order valence-corrected chi connectivity index (χ0v) is 11.7. The van der Waals surface area contributed by atoms with Gasteiger partial charge in [-0.1, -0.05) is 28.1 Å². The van der Waals surface area contributed by atoms with Crippen molar-refractivity contribution in [1.29, 1.82) is 0 Å². The maximum Gasteiger partial charge on any atom is 0.0205 e. The van der Waals surface area contributed by atoms with Crippen LogP contribution in [-0.2, 0) is 6.54 Å². The highest BCUT2D eigenvalue weighted by molar-refractivity contribution is 9.10. The lowest BCUT2D eigenvalue weighted by molar-refractivity contribution is 0.678. The highest BCUT2D eigenvalue weighted by Gasteiger charge is 1.96. The second-order valence-electron chi connectivity index (χ2n) is 3.61. The van der Waals surface area contributed by atoms with E-state index in [1.165, 1.54) is 27.8 Å². The van der Waals surface area contributed by atoms with Gasteiger partial charge in [0, 0.05) is 11.0 Å². The number of nitrogens with one attached hydrogen (secondary N) is 1. The van der Waals surface area contributed by atoms with E-state index in [0.717, 1.165) is 13.1 Å². The van der Waals surface area contributed by atoms with E-state index in [1.54, 1.807) is 0 Å². The largest absolute Gasteiger partial charge is 0.313 e. The molecule has 1 nitrogen and oxygen atoms in total. The number of rotatable bonds is 6. The normalized spacial score (nSPS) is 10.6. The first-order valence-electron chi connectivity index (χ1n) is 5.18. The Morgan fingerprint density at radius 3 is 2.87 bits per heavy atom. The summed E-state index contributed by atoms with van der Waals surface area (Å²) < 4.78 is 1.19. The van der Waals surface area contributed by atoms with E-state index in [2.05, 4.69) is 52.6 Å². The molecule has 1 N–H and O–H groups in total. The average Bonchev–Trinajstić information content (AvgIpc) is 2.23. The minimum Gasteiger partial charge on any atom is -0.313 e. The summed E-state index contributed by atoms with van der Waals surface area (Å²) in [6, 6.07) is 6.51. The third-order valence-corrected chi connectivity index (χ3v) is 3.84. The SMILES string of the molecule is CSCCCNCc1ccc(Br)c(C)c1. The van der Waals surface area contributed by atoms with Crippen molar-refractivity contribution in [2.75, 3.05) is 18.6 Å². The molecule has 0 bridgehead atoms. The second-order valence-corrected chi connectivity index (χ2v) is 5.45. The Balaban J connectivity index is 2.28. The Morgan fingerprint density at radius 1 is 1.40 bits per heavy atom. The molecule has 0 heterocycles. The number of halogens is 1. The van der Waals surface area contributed by atoms with Gasteiger partial charge in [0.15, 0.2) is 0 Å². The smallest absolute Gasteiger partial charge is 0.0205 e. The fraction of sp³-hybridized carbons (Fsp3) is 0.500. The van der Waals surface area contributed by atoms with E-state index >= 15 is 0 Å². The van der Waals surface area contributed by atoms with Gasteiger partial charge in [-0.2, -0.15) is 11.8 Å². The molecule has 0 aliphatic rings. The van der Waals surface area contributed by atoms with Crippen molar-refractivity contribution < 1.29 is 0 Å². The van der Waals surface area contributed by atoms with Crippen molar-refractivity contribution in [2.24, 2.45) is 0 Å². The maximum atomic E-state index is 3.51. The zero-order valence-electron chi connectivity index (χ0n) is 9.35.